The third-order valence-electron chi connectivity index (χ3n) is 2.45. The van der Waals surface area contributed by atoms with Crippen molar-refractivity contribution in [3.8, 4) is 0 Å². The Morgan fingerprint density at radius 1 is 1.05 bits per heavy atom. The number of hydrogen-bond donors (Lipinski definition) is 0. The molecule has 1 unspecified atom stereocenters. The highest BCUT2D eigenvalue weighted by molar-refractivity contribution is 5.74. The summed E-state index contributed by atoms with van der Waals surface area (Å²) in [4.78, 5) is 11.6. The van der Waals surface area contributed by atoms with Gasteiger partial charge in [0.15, 0.2) is 6.10 Å². The molecule has 0 heterocycles. The van der Waals surface area contributed by atoms with Crippen molar-refractivity contribution < 1.29 is 19.0 Å². The van der Waals surface area contributed by atoms with E-state index in [1.165, 1.54) is 0 Å². The topological polar surface area (TPSA) is 44.8 Å². The van der Waals surface area contributed by atoms with E-state index >= 15 is 0 Å². The van der Waals surface area contributed by atoms with Crippen LogP contribution in [0.5, 0.6) is 0 Å². The van der Waals surface area contributed by atoms with Gasteiger partial charge in [-0.1, -0.05) is 30.3 Å². The summed E-state index contributed by atoms with van der Waals surface area (Å²) in [6.07, 6.45) is -0.426. The lowest BCUT2D eigenvalue weighted by atomic mass is 10.2. The fourth-order valence-electron chi connectivity index (χ4n) is 1.41. The predicted molar refractivity (Wildman–Crippen MR) is 72.7 cm³/mol. The molecule has 1 rings (SSSR count). The molecule has 0 aromatic heterocycles. The van der Waals surface area contributed by atoms with E-state index in [1.54, 1.807) is 6.92 Å². The van der Waals surface area contributed by atoms with Gasteiger partial charge in [0, 0.05) is 0 Å². The largest absolute Gasteiger partial charge is 0.461 e. The van der Waals surface area contributed by atoms with Crippen LogP contribution in [0.1, 0.15) is 26.3 Å². The number of benzene rings is 1. The van der Waals surface area contributed by atoms with Crippen LogP contribution in [0, 0.1) is 0 Å². The Morgan fingerprint density at radius 2 is 1.74 bits per heavy atom. The Bertz CT molecular complexity index is 362. The van der Waals surface area contributed by atoms with E-state index in [0.29, 0.717) is 13.2 Å². The Balaban J connectivity index is 2.18. The van der Waals surface area contributed by atoms with E-state index in [2.05, 4.69) is 0 Å². The maximum Gasteiger partial charge on any atom is 0.335 e. The summed E-state index contributed by atoms with van der Waals surface area (Å²) < 4.78 is 15.8. The Morgan fingerprint density at radius 3 is 2.37 bits per heavy atom. The standard InChI is InChI=1S/C15H22O4/c1-12(2)17-9-10-18-15(16)13(3)19-11-14-7-5-4-6-8-14/h4-8,12-13H,9-11H2,1-3H3. The molecule has 0 saturated carbocycles. The van der Waals surface area contributed by atoms with Crippen LogP contribution < -0.4 is 0 Å². The van der Waals surface area contributed by atoms with Gasteiger partial charge in [-0.05, 0) is 26.3 Å². The molecule has 0 spiro atoms. The van der Waals surface area contributed by atoms with Crippen molar-refractivity contribution in [2.45, 2.75) is 39.6 Å². The van der Waals surface area contributed by atoms with Crippen LogP contribution in [-0.4, -0.2) is 31.4 Å². The van der Waals surface area contributed by atoms with Crippen LogP contribution in [0.3, 0.4) is 0 Å². The van der Waals surface area contributed by atoms with Gasteiger partial charge in [0.2, 0.25) is 0 Å². The number of ether oxygens (including phenoxy) is 3. The molecular weight excluding hydrogens is 244 g/mol. The normalized spacial score (nSPS) is 12.4. The Hall–Kier alpha value is -1.39. The maximum atomic E-state index is 11.6. The van der Waals surface area contributed by atoms with Gasteiger partial charge in [-0.2, -0.15) is 0 Å². The van der Waals surface area contributed by atoms with Gasteiger partial charge in [-0.15, -0.1) is 0 Å². The fraction of sp³-hybridized carbons (Fsp3) is 0.533. The summed E-state index contributed by atoms with van der Waals surface area (Å²) in [5, 5.41) is 0. The monoisotopic (exact) mass is 266 g/mol. The predicted octanol–water partition coefficient (Wildman–Crippen LogP) is 2.56. The summed E-state index contributed by atoms with van der Waals surface area (Å²) in [5.41, 5.74) is 1.03. The van der Waals surface area contributed by atoms with Crippen molar-refractivity contribution in [3.05, 3.63) is 35.9 Å². The summed E-state index contributed by atoms with van der Waals surface area (Å²) in [7, 11) is 0. The van der Waals surface area contributed by atoms with Gasteiger partial charge in [0.05, 0.1) is 19.3 Å². The lowest BCUT2D eigenvalue weighted by Crippen LogP contribution is -2.25. The van der Waals surface area contributed by atoms with Gasteiger partial charge in [-0.3, -0.25) is 0 Å². The molecule has 1 aromatic carbocycles. The van der Waals surface area contributed by atoms with Gasteiger partial charge >= 0.3 is 5.97 Å². The summed E-state index contributed by atoms with van der Waals surface area (Å²) in [6, 6.07) is 9.72. The molecule has 1 aromatic rings. The highest BCUT2D eigenvalue weighted by atomic mass is 16.6. The van der Waals surface area contributed by atoms with Crippen LogP contribution >= 0.6 is 0 Å². The first-order valence-electron chi connectivity index (χ1n) is 6.53. The first kappa shape index (κ1) is 15.7. The Labute approximate surface area is 114 Å². The molecule has 1 atom stereocenters. The van der Waals surface area contributed by atoms with Crippen LogP contribution in [0.4, 0.5) is 0 Å². The minimum Gasteiger partial charge on any atom is -0.461 e. The number of rotatable bonds is 8. The molecule has 106 valence electrons. The number of carbonyl (C=O) groups is 1. The van der Waals surface area contributed by atoms with E-state index in [4.69, 9.17) is 14.2 Å². The van der Waals surface area contributed by atoms with E-state index < -0.39 is 6.10 Å². The van der Waals surface area contributed by atoms with Gasteiger partial charge in [-0.25, -0.2) is 4.79 Å². The quantitative estimate of drug-likeness (QED) is 0.536. The Kier molecular flexibility index (Phi) is 7.15. The third-order valence-corrected chi connectivity index (χ3v) is 2.45. The molecule has 0 aliphatic heterocycles. The zero-order valence-electron chi connectivity index (χ0n) is 11.8. The lowest BCUT2D eigenvalue weighted by Gasteiger charge is -2.13. The number of carbonyl (C=O) groups excluding carboxylic acids is 1. The van der Waals surface area contributed by atoms with Crippen molar-refractivity contribution >= 4 is 5.97 Å². The second-order valence-electron chi connectivity index (χ2n) is 4.53. The second kappa shape index (κ2) is 8.67. The van der Waals surface area contributed by atoms with Crippen LogP contribution in [0.15, 0.2) is 30.3 Å². The second-order valence-corrected chi connectivity index (χ2v) is 4.53. The smallest absolute Gasteiger partial charge is 0.335 e. The van der Waals surface area contributed by atoms with Crippen molar-refractivity contribution in [2.24, 2.45) is 0 Å². The van der Waals surface area contributed by atoms with Crippen molar-refractivity contribution in [3.63, 3.8) is 0 Å². The van der Waals surface area contributed by atoms with Crippen molar-refractivity contribution in [1.82, 2.24) is 0 Å². The minimum absolute atomic E-state index is 0.144. The molecule has 0 radical (unpaired) electrons. The highest BCUT2D eigenvalue weighted by Gasteiger charge is 2.14. The molecule has 0 bridgehead atoms. The van der Waals surface area contributed by atoms with E-state index in [0.717, 1.165) is 5.56 Å². The van der Waals surface area contributed by atoms with E-state index in [9.17, 15) is 4.79 Å². The zero-order valence-corrected chi connectivity index (χ0v) is 11.8. The molecule has 0 saturated heterocycles. The minimum atomic E-state index is -0.570. The fourth-order valence-corrected chi connectivity index (χ4v) is 1.41. The molecule has 4 heteroatoms. The van der Waals surface area contributed by atoms with Crippen molar-refractivity contribution in [2.75, 3.05) is 13.2 Å². The molecule has 0 amide bonds. The zero-order chi connectivity index (χ0) is 14.1. The van der Waals surface area contributed by atoms with Gasteiger partial charge in [0.25, 0.3) is 0 Å². The van der Waals surface area contributed by atoms with Gasteiger partial charge < -0.3 is 14.2 Å². The highest BCUT2D eigenvalue weighted by Crippen LogP contribution is 2.04. The molecule has 19 heavy (non-hydrogen) atoms. The molecular formula is C15H22O4. The molecule has 0 aliphatic rings. The SMILES string of the molecule is CC(C)OCCOC(=O)C(C)OCc1ccccc1. The van der Waals surface area contributed by atoms with E-state index in [-0.39, 0.29) is 18.7 Å². The first-order chi connectivity index (χ1) is 9.09. The maximum absolute atomic E-state index is 11.6. The third kappa shape index (κ3) is 6.94. The van der Waals surface area contributed by atoms with Crippen molar-refractivity contribution in [1.29, 1.82) is 0 Å². The van der Waals surface area contributed by atoms with Gasteiger partial charge in [0.1, 0.15) is 6.61 Å². The lowest BCUT2D eigenvalue weighted by molar-refractivity contribution is -0.158. The molecule has 0 aliphatic carbocycles. The van der Waals surface area contributed by atoms with Crippen LogP contribution in [-0.2, 0) is 25.6 Å². The van der Waals surface area contributed by atoms with Crippen LogP contribution in [0.2, 0.25) is 0 Å². The average Bonchev–Trinajstić information content (AvgIpc) is 2.41. The average molecular weight is 266 g/mol. The molecule has 0 fully saturated rings. The number of esters is 1. The van der Waals surface area contributed by atoms with E-state index in [1.807, 2.05) is 44.2 Å². The molecule has 4 nitrogen and oxygen atoms in total. The summed E-state index contributed by atoms with van der Waals surface area (Å²) in [5.74, 6) is -0.358. The number of hydrogen-bond acceptors (Lipinski definition) is 4. The molecule has 0 N–H and O–H groups in total. The first-order valence-corrected chi connectivity index (χ1v) is 6.53. The summed E-state index contributed by atoms with van der Waals surface area (Å²) >= 11 is 0. The van der Waals surface area contributed by atoms with Crippen LogP contribution in [0.25, 0.3) is 0 Å². The summed E-state index contributed by atoms with van der Waals surface area (Å²) in [6.45, 7) is 6.64.